The first-order valence-electron chi connectivity index (χ1n) is 8.23. The van der Waals surface area contributed by atoms with Gasteiger partial charge in [0.05, 0.1) is 18.9 Å². The lowest BCUT2D eigenvalue weighted by Crippen LogP contribution is -2.39. The van der Waals surface area contributed by atoms with Crippen molar-refractivity contribution in [1.29, 1.82) is 0 Å². The van der Waals surface area contributed by atoms with Gasteiger partial charge in [-0.3, -0.25) is 4.90 Å². The average Bonchev–Trinajstić information content (AvgIpc) is 2.60. The van der Waals surface area contributed by atoms with Crippen LogP contribution < -0.4 is 4.74 Å². The Hall–Kier alpha value is -2.05. The van der Waals surface area contributed by atoms with Crippen molar-refractivity contribution in [1.82, 2.24) is 14.9 Å². The predicted octanol–water partition coefficient (Wildman–Crippen LogP) is 2.77. The summed E-state index contributed by atoms with van der Waals surface area (Å²) in [6, 6.07) is 8.39. The first-order valence-corrected chi connectivity index (χ1v) is 8.23. The third kappa shape index (κ3) is 4.49. The Morgan fingerprint density at radius 2 is 2.21 bits per heavy atom. The van der Waals surface area contributed by atoms with Crippen LogP contribution >= 0.6 is 0 Å². The molecule has 0 N–H and O–H groups in total. The van der Waals surface area contributed by atoms with Crippen LogP contribution in [0.5, 0.6) is 5.75 Å². The second kappa shape index (κ2) is 8.17. The van der Waals surface area contributed by atoms with Crippen LogP contribution in [-0.2, 0) is 4.74 Å². The zero-order chi connectivity index (χ0) is 16.8. The van der Waals surface area contributed by atoms with Gasteiger partial charge < -0.3 is 9.47 Å². The first kappa shape index (κ1) is 16.8. The summed E-state index contributed by atoms with van der Waals surface area (Å²) in [6.45, 7) is 5.64. The summed E-state index contributed by atoms with van der Waals surface area (Å²) >= 11 is 0. The van der Waals surface area contributed by atoms with Gasteiger partial charge in [0, 0.05) is 25.8 Å². The number of aryl methyl sites for hydroxylation is 1. The molecule has 3 rings (SSSR count). The highest BCUT2D eigenvalue weighted by Crippen LogP contribution is 2.20. The maximum atomic E-state index is 13.5. The Balaban J connectivity index is 1.45. The van der Waals surface area contributed by atoms with Gasteiger partial charge in [0.2, 0.25) is 0 Å². The molecule has 0 radical (unpaired) electrons. The molecule has 24 heavy (non-hydrogen) atoms. The van der Waals surface area contributed by atoms with E-state index in [1.807, 2.05) is 13.0 Å². The lowest BCUT2D eigenvalue weighted by molar-refractivity contribution is -0.0332. The summed E-state index contributed by atoms with van der Waals surface area (Å²) in [5, 5.41) is 0. The molecule has 1 atom stereocenters. The summed E-state index contributed by atoms with van der Waals surface area (Å²) in [7, 11) is 0. The number of rotatable bonds is 6. The fourth-order valence-electron chi connectivity index (χ4n) is 2.77. The number of morpholine rings is 1. The standard InChI is InChI=1S/C18H22FN3O2/c1-14-20-8-7-16(21-14)18-13-22(10-12-24-18)9-4-11-23-17-6-3-2-5-15(17)19/h2-3,5-8,18H,4,9-13H2,1H3/t18-/m1/s1. The molecule has 0 spiro atoms. The minimum absolute atomic E-state index is 0.0204. The largest absolute Gasteiger partial charge is 0.490 e. The number of para-hydroxylation sites is 1. The van der Waals surface area contributed by atoms with E-state index in [0.717, 1.165) is 37.6 Å². The van der Waals surface area contributed by atoms with Crippen molar-refractivity contribution < 1.29 is 13.9 Å². The minimum atomic E-state index is -0.317. The monoisotopic (exact) mass is 331 g/mol. The lowest BCUT2D eigenvalue weighted by atomic mass is 10.2. The maximum Gasteiger partial charge on any atom is 0.165 e. The number of halogens is 1. The van der Waals surface area contributed by atoms with Gasteiger partial charge in [0.25, 0.3) is 0 Å². The van der Waals surface area contributed by atoms with E-state index < -0.39 is 0 Å². The van der Waals surface area contributed by atoms with Gasteiger partial charge in [-0.25, -0.2) is 14.4 Å². The number of ether oxygens (including phenoxy) is 2. The van der Waals surface area contributed by atoms with E-state index in [9.17, 15) is 4.39 Å². The van der Waals surface area contributed by atoms with Crippen LogP contribution in [0.3, 0.4) is 0 Å². The Kier molecular flexibility index (Phi) is 5.72. The topological polar surface area (TPSA) is 47.5 Å². The lowest BCUT2D eigenvalue weighted by Gasteiger charge is -2.32. The van der Waals surface area contributed by atoms with Crippen molar-refractivity contribution in [3.63, 3.8) is 0 Å². The molecular formula is C18H22FN3O2. The van der Waals surface area contributed by atoms with Crippen LogP contribution in [0, 0.1) is 12.7 Å². The first-order chi connectivity index (χ1) is 11.7. The van der Waals surface area contributed by atoms with E-state index in [-0.39, 0.29) is 11.9 Å². The number of hydrogen-bond donors (Lipinski definition) is 0. The van der Waals surface area contributed by atoms with E-state index in [1.165, 1.54) is 6.07 Å². The third-order valence-corrected chi connectivity index (χ3v) is 3.99. The maximum absolute atomic E-state index is 13.5. The van der Waals surface area contributed by atoms with E-state index >= 15 is 0 Å². The molecule has 1 aromatic carbocycles. The summed E-state index contributed by atoms with van der Waals surface area (Å²) in [6.07, 6.45) is 2.58. The van der Waals surface area contributed by atoms with Gasteiger partial charge in [-0.1, -0.05) is 12.1 Å². The molecule has 0 amide bonds. The summed E-state index contributed by atoms with van der Waals surface area (Å²) in [5.41, 5.74) is 0.926. The van der Waals surface area contributed by atoms with Crippen molar-refractivity contribution in [3.05, 3.63) is 53.9 Å². The second-order valence-electron chi connectivity index (χ2n) is 5.82. The molecule has 6 heteroatoms. The number of aromatic nitrogens is 2. The number of hydrogen-bond acceptors (Lipinski definition) is 5. The van der Waals surface area contributed by atoms with Crippen molar-refractivity contribution >= 4 is 0 Å². The molecule has 1 aliphatic rings. The van der Waals surface area contributed by atoms with E-state index in [1.54, 1.807) is 24.4 Å². The molecule has 0 bridgehead atoms. The van der Waals surface area contributed by atoms with Gasteiger partial charge in [-0.05, 0) is 31.5 Å². The Labute approximate surface area is 141 Å². The van der Waals surface area contributed by atoms with Gasteiger partial charge in [0.15, 0.2) is 11.6 Å². The third-order valence-electron chi connectivity index (χ3n) is 3.99. The molecule has 5 nitrogen and oxygen atoms in total. The van der Waals surface area contributed by atoms with E-state index in [4.69, 9.17) is 9.47 Å². The molecule has 2 heterocycles. The normalized spacial score (nSPS) is 18.5. The Morgan fingerprint density at radius 3 is 3.04 bits per heavy atom. The Bertz CT molecular complexity index is 668. The summed E-state index contributed by atoms with van der Waals surface area (Å²) in [4.78, 5) is 10.9. The van der Waals surface area contributed by atoms with Gasteiger partial charge in [-0.2, -0.15) is 0 Å². The quantitative estimate of drug-likeness (QED) is 0.762. The molecule has 2 aromatic rings. The molecule has 1 fully saturated rings. The van der Waals surface area contributed by atoms with Crippen LogP contribution in [0.1, 0.15) is 24.0 Å². The summed E-state index contributed by atoms with van der Waals surface area (Å²) in [5.74, 6) is 0.753. The molecule has 128 valence electrons. The van der Waals surface area contributed by atoms with Crippen molar-refractivity contribution in [2.75, 3.05) is 32.8 Å². The highest BCUT2D eigenvalue weighted by atomic mass is 19.1. The summed E-state index contributed by atoms with van der Waals surface area (Å²) < 4.78 is 24.8. The molecule has 0 aliphatic carbocycles. The Morgan fingerprint density at radius 1 is 1.33 bits per heavy atom. The van der Waals surface area contributed by atoms with Gasteiger partial charge in [0.1, 0.15) is 11.9 Å². The molecular weight excluding hydrogens is 309 g/mol. The van der Waals surface area contributed by atoms with Gasteiger partial charge >= 0.3 is 0 Å². The van der Waals surface area contributed by atoms with Crippen LogP contribution in [0.4, 0.5) is 4.39 Å². The van der Waals surface area contributed by atoms with Crippen LogP contribution in [0.15, 0.2) is 36.5 Å². The van der Waals surface area contributed by atoms with E-state index in [0.29, 0.717) is 19.0 Å². The number of nitrogens with zero attached hydrogens (tertiary/aromatic N) is 3. The van der Waals surface area contributed by atoms with Crippen molar-refractivity contribution in [3.8, 4) is 5.75 Å². The highest BCUT2D eigenvalue weighted by molar-refractivity contribution is 5.23. The van der Waals surface area contributed by atoms with Crippen LogP contribution in [0.2, 0.25) is 0 Å². The predicted molar refractivity (Wildman–Crippen MR) is 88.4 cm³/mol. The number of benzene rings is 1. The molecule has 1 aliphatic heterocycles. The SMILES string of the molecule is Cc1nccc([C@H]2CN(CCCOc3ccccc3F)CCO2)n1. The fraction of sp³-hybridized carbons (Fsp3) is 0.444. The van der Waals surface area contributed by atoms with Gasteiger partial charge in [-0.15, -0.1) is 0 Å². The average molecular weight is 331 g/mol. The minimum Gasteiger partial charge on any atom is -0.490 e. The zero-order valence-electron chi connectivity index (χ0n) is 13.8. The zero-order valence-corrected chi connectivity index (χ0v) is 13.8. The van der Waals surface area contributed by atoms with Crippen LogP contribution in [0.25, 0.3) is 0 Å². The van der Waals surface area contributed by atoms with Crippen molar-refractivity contribution in [2.45, 2.75) is 19.4 Å². The van der Waals surface area contributed by atoms with E-state index in [2.05, 4.69) is 14.9 Å². The van der Waals surface area contributed by atoms with Crippen LogP contribution in [-0.4, -0.2) is 47.7 Å². The van der Waals surface area contributed by atoms with Crippen molar-refractivity contribution in [2.24, 2.45) is 0 Å². The molecule has 0 saturated carbocycles. The molecule has 1 saturated heterocycles. The fourth-order valence-corrected chi connectivity index (χ4v) is 2.77. The molecule has 1 aromatic heterocycles. The highest BCUT2D eigenvalue weighted by Gasteiger charge is 2.22. The smallest absolute Gasteiger partial charge is 0.165 e. The second-order valence-corrected chi connectivity index (χ2v) is 5.82. The molecule has 0 unspecified atom stereocenters.